The van der Waals surface area contributed by atoms with E-state index >= 15 is 0 Å². The minimum Gasteiger partial charge on any atom is -0.377 e. The molecule has 0 aliphatic carbocycles. The first-order valence-corrected chi connectivity index (χ1v) is 8.70. The van der Waals surface area contributed by atoms with E-state index in [1.165, 1.54) is 56.6 Å². The van der Waals surface area contributed by atoms with Crippen LogP contribution in [0, 0.1) is 10.1 Å². The molecule has 0 radical (unpaired) electrons. The van der Waals surface area contributed by atoms with Crippen molar-refractivity contribution >= 4 is 27.2 Å². The summed E-state index contributed by atoms with van der Waals surface area (Å²) in [5.41, 5.74) is 0.581. The third-order valence-corrected chi connectivity index (χ3v) is 5.26. The number of nitrogens with one attached hydrogen (secondary N) is 1. The van der Waals surface area contributed by atoms with Gasteiger partial charge in [-0.3, -0.25) is 14.9 Å². The standard InChI is InChI=1S/C16H17N3O5S/c1-18(2)25(23,24)15-8-3-5-12(9-15)16(20)11-17-13-6-4-7-14(10-13)19(21)22/h3-10,17H,11H2,1-2H3. The lowest BCUT2D eigenvalue weighted by atomic mass is 10.1. The lowest BCUT2D eigenvalue weighted by Gasteiger charge is -2.12. The molecule has 0 saturated carbocycles. The second-order valence-electron chi connectivity index (χ2n) is 5.40. The summed E-state index contributed by atoms with van der Waals surface area (Å²) in [6, 6.07) is 11.5. The molecule has 9 heteroatoms. The molecule has 2 rings (SSSR count). The summed E-state index contributed by atoms with van der Waals surface area (Å²) >= 11 is 0. The molecule has 0 unspecified atom stereocenters. The summed E-state index contributed by atoms with van der Waals surface area (Å²) < 4.78 is 25.3. The number of nitro groups is 1. The van der Waals surface area contributed by atoms with Crippen LogP contribution in [-0.2, 0) is 10.0 Å². The second-order valence-corrected chi connectivity index (χ2v) is 7.55. The summed E-state index contributed by atoms with van der Waals surface area (Å²) in [4.78, 5) is 22.5. The van der Waals surface area contributed by atoms with Gasteiger partial charge in [0.2, 0.25) is 10.0 Å². The third kappa shape index (κ3) is 4.40. The number of nitrogens with zero attached hydrogens (tertiary/aromatic N) is 2. The van der Waals surface area contributed by atoms with Gasteiger partial charge in [-0.2, -0.15) is 0 Å². The monoisotopic (exact) mass is 363 g/mol. The van der Waals surface area contributed by atoms with Crippen LogP contribution in [0.5, 0.6) is 0 Å². The molecule has 0 heterocycles. The number of carbonyl (C=O) groups is 1. The number of anilines is 1. The van der Waals surface area contributed by atoms with Gasteiger partial charge in [0, 0.05) is 37.5 Å². The highest BCUT2D eigenvalue weighted by molar-refractivity contribution is 7.89. The van der Waals surface area contributed by atoms with E-state index in [1.807, 2.05) is 0 Å². The van der Waals surface area contributed by atoms with Crippen LogP contribution in [-0.4, -0.2) is 44.1 Å². The van der Waals surface area contributed by atoms with Gasteiger partial charge in [-0.15, -0.1) is 0 Å². The van der Waals surface area contributed by atoms with E-state index in [4.69, 9.17) is 0 Å². The molecule has 0 bridgehead atoms. The first kappa shape index (κ1) is 18.6. The van der Waals surface area contributed by atoms with Gasteiger partial charge in [0.05, 0.1) is 16.4 Å². The molecular weight excluding hydrogens is 346 g/mol. The molecule has 0 aliphatic heterocycles. The fourth-order valence-electron chi connectivity index (χ4n) is 2.05. The van der Waals surface area contributed by atoms with Crippen LogP contribution < -0.4 is 5.32 Å². The number of Topliss-reactive ketones (excluding diaryl/α,β-unsaturated/α-hetero) is 1. The van der Waals surface area contributed by atoms with Crippen molar-refractivity contribution in [1.82, 2.24) is 4.31 Å². The molecule has 0 atom stereocenters. The topological polar surface area (TPSA) is 110 Å². The average molecular weight is 363 g/mol. The van der Waals surface area contributed by atoms with Gasteiger partial charge in [-0.25, -0.2) is 12.7 Å². The van der Waals surface area contributed by atoms with Crippen molar-refractivity contribution in [3.05, 3.63) is 64.2 Å². The Labute approximate surface area is 145 Å². The van der Waals surface area contributed by atoms with Gasteiger partial charge in [0.25, 0.3) is 5.69 Å². The van der Waals surface area contributed by atoms with Crippen LogP contribution >= 0.6 is 0 Å². The molecule has 8 nitrogen and oxygen atoms in total. The normalized spacial score (nSPS) is 11.3. The predicted octanol–water partition coefficient (Wildman–Crippen LogP) is 2.14. The Balaban J connectivity index is 2.14. The summed E-state index contributed by atoms with van der Waals surface area (Å²) in [5, 5.41) is 13.6. The lowest BCUT2D eigenvalue weighted by molar-refractivity contribution is -0.384. The Morgan fingerprint density at radius 1 is 1.16 bits per heavy atom. The van der Waals surface area contributed by atoms with E-state index < -0.39 is 14.9 Å². The van der Waals surface area contributed by atoms with Crippen LogP contribution in [0.4, 0.5) is 11.4 Å². The zero-order valence-electron chi connectivity index (χ0n) is 13.7. The fraction of sp³-hybridized carbons (Fsp3) is 0.188. The van der Waals surface area contributed by atoms with Gasteiger partial charge in [0.15, 0.2) is 5.78 Å². The van der Waals surface area contributed by atoms with Crippen LogP contribution in [0.15, 0.2) is 53.4 Å². The van der Waals surface area contributed by atoms with Gasteiger partial charge in [-0.05, 0) is 18.2 Å². The van der Waals surface area contributed by atoms with Crippen molar-refractivity contribution in [3.63, 3.8) is 0 Å². The number of nitro benzene ring substituents is 1. The van der Waals surface area contributed by atoms with E-state index in [1.54, 1.807) is 6.07 Å². The largest absolute Gasteiger partial charge is 0.377 e. The molecular formula is C16H17N3O5S. The van der Waals surface area contributed by atoms with Crippen molar-refractivity contribution in [1.29, 1.82) is 0 Å². The lowest BCUT2D eigenvalue weighted by Crippen LogP contribution is -2.22. The number of non-ortho nitro benzene ring substituents is 1. The molecule has 0 spiro atoms. The third-order valence-electron chi connectivity index (χ3n) is 3.44. The molecule has 0 aromatic heterocycles. The fourth-order valence-corrected chi connectivity index (χ4v) is 3.00. The Morgan fingerprint density at radius 2 is 1.84 bits per heavy atom. The molecule has 1 N–H and O–H groups in total. The molecule has 2 aromatic carbocycles. The average Bonchev–Trinajstić information content (AvgIpc) is 2.59. The van der Waals surface area contributed by atoms with Gasteiger partial charge in [-0.1, -0.05) is 18.2 Å². The van der Waals surface area contributed by atoms with Crippen molar-refractivity contribution < 1.29 is 18.1 Å². The first-order chi connectivity index (χ1) is 11.7. The smallest absolute Gasteiger partial charge is 0.271 e. The zero-order valence-corrected chi connectivity index (χ0v) is 14.5. The Hall–Kier alpha value is -2.78. The molecule has 0 amide bonds. The summed E-state index contributed by atoms with van der Waals surface area (Å²) in [5.74, 6) is -0.331. The van der Waals surface area contributed by atoms with Crippen molar-refractivity contribution in [2.75, 3.05) is 26.0 Å². The van der Waals surface area contributed by atoms with Gasteiger partial charge in [0.1, 0.15) is 0 Å². The van der Waals surface area contributed by atoms with Crippen LogP contribution in [0.25, 0.3) is 0 Å². The van der Waals surface area contributed by atoms with Gasteiger partial charge >= 0.3 is 0 Å². The maximum absolute atomic E-state index is 12.3. The predicted molar refractivity (Wildman–Crippen MR) is 93.2 cm³/mol. The number of benzene rings is 2. The molecule has 0 saturated heterocycles. The minimum absolute atomic E-state index is 0.0266. The van der Waals surface area contributed by atoms with Crippen LogP contribution in [0.3, 0.4) is 0 Å². The highest BCUT2D eigenvalue weighted by Crippen LogP contribution is 2.18. The van der Waals surface area contributed by atoms with Crippen molar-refractivity contribution in [2.24, 2.45) is 0 Å². The Morgan fingerprint density at radius 3 is 2.48 bits per heavy atom. The summed E-state index contributed by atoms with van der Waals surface area (Å²) in [6.07, 6.45) is 0. The van der Waals surface area contributed by atoms with E-state index in [2.05, 4.69) is 5.32 Å². The van der Waals surface area contributed by atoms with E-state index in [0.29, 0.717) is 5.69 Å². The SMILES string of the molecule is CN(C)S(=O)(=O)c1cccc(C(=O)CNc2cccc([N+](=O)[O-])c2)c1. The maximum Gasteiger partial charge on any atom is 0.271 e. The molecule has 0 fully saturated rings. The maximum atomic E-state index is 12.3. The van der Waals surface area contributed by atoms with E-state index in [-0.39, 0.29) is 28.5 Å². The Kier molecular flexibility index (Phi) is 5.50. The van der Waals surface area contributed by atoms with Crippen LogP contribution in [0.2, 0.25) is 0 Å². The van der Waals surface area contributed by atoms with Gasteiger partial charge < -0.3 is 5.32 Å². The Bertz CT molecular complexity index is 909. The zero-order chi connectivity index (χ0) is 18.6. The number of ketones is 1. The molecule has 2 aromatic rings. The molecule has 0 aliphatic rings. The molecule has 25 heavy (non-hydrogen) atoms. The number of hydrogen-bond acceptors (Lipinski definition) is 6. The van der Waals surface area contributed by atoms with Crippen molar-refractivity contribution in [3.8, 4) is 0 Å². The second kappa shape index (κ2) is 7.41. The highest BCUT2D eigenvalue weighted by atomic mass is 32.2. The van der Waals surface area contributed by atoms with Crippen LogP contribution in [0.1, 0.15) is 10.4 Å². The summed E-state index contributed by atoms with van der Waals surface area (Å²) in [6.45, 7) is -0.118. The van der Waals surface area contributed by atoms with E-state index in [9.17, 15) is 23.3 Å². The highest BCUT2D eigenvalue weighted by Gasteiger charge is 2.18. The first-order valence-electron chi connectivity index (χ1n) is 7.26. The number of hydrogen-bond donors (Lipinski definition) is 1. The quantitative estimate of drug-likeness (QED) is 0.458. The minimum atomic E-state index is -3.63. The number of rotatable bonds is 7. The molecule has 132 valence electrons. The number of carbonyl (C=O) groups excluding carboxylic acids is 1. The summed E-state index contributed by atoms with van der Waals surface area (Å²) in [7, 11) is -0.809. The van der Waals surface area contributed by atoms with Crippen molar-refractivity contribution in [2.45, 2.75) is 4.90 Å². The number of sulfonamides is 1. The van der Waals surface area contributed by atoms with E-state index in [0.717, 1.165) is 4.31 Å².